The number of thioether (sulfide) groups is 1. The molecule has 2 aliphatic rings. The molecule has 84 valence electrons. The number of β-lactam (4-membered cyclic amide) rings is 1. The zero-order valence-corrected chi connectivity index (χ0v) is 12.6. The lowest BCUT2D eigenvalue weighted by molar-refractivity contribution is -0.156. The number of carboxylic acids is 1. The van der Waals surface area contributed by atoms with Crippen LogP contribution in [0.5, 0.6) is 0 Å². The van der Waals surface area contributed by atoms with E-state index >= 15 is 0 Å². The molecule has 0 saturated carbocycles. The van der Waals surface area contributed by atoms with Crippen LogP contribution in [-0.2, 0) is 9.59 Å². The standard InChI is InChI=1S/C8H9BrINO3S/c1-7(2)3(4(12)13)11-5(14)8(9,10)6(11)15-7/h3,6H,1-2H3,(H,12,13)/t3-,6+,8?/m0/s1. The monoisotopic (exact) mass is 405 g/mol. The normalized spacial score (nSPS) is 42.4. The number of nitrogens with zero attached hydrogens (tertiary/aromatic N) is 1. The van der Waals surface area contributed by atoms with Crippen LogP contribution in [-0.4, -0.2) is 40.4 Å². The van der Waals surface area contributed by atoms with Gasteiger partial charge < -0.3 is 10.0 Å². The Balaban J connectivity index is 2.37. The Morgan fingerprint density at radius 1 is 1.67 bits per heavy atom. The van der Waals surface area contributed by atoms with Crippen molar-refractivity contribution in [2.75, 3.05) is 0 Å². The molecule has 15 heavy (non-hydrogen) atoms. The van der Waals surface area contributed by atoms with E-state index < -0.39 is 19.1 Å². The number of halogens is 2. The predicted octanol–water partition coefficient (Wildman–Crippen LogP) is 1.66. The van der Waals surface area contributed by atoms with Crippen molar-refractivity contribution < 1.29 is 14.7 Å². The lowest BCUT2D eigenvalue weighted by Crippen LogP contribution is -2.68. The smallest absolute Gasteiger partial charge is 0.327 e. The molecular weight excluding hydrogens is 397 g/mol. The lowest BCUT2D eigenvalue weighted by Gasteiger charge is -2.46. The summed E-state index contributed by atoms with van der Waals surface area (Å²) in [5.41, 5.74) is 0. The Kier molecular flexibility index (Phi) is 2.60. The Bertz CT molecular complexity index is 360. The van der Waals surface area contributed by atoms with E-state index in [0.717, 1.165) is 0 Å². The van der Waals surface area contributed by atoms with Crippen molar-refractivity contribution in [1.82, 2.24) is 4.90 Å². The Morgan fingerprint density at radius 3 is 2.67 bits per heavy atom. The number of rotatable bonds is 1. The molecular formula is C8H9BrINO3S. The molecule has 0 spiro atoms. The van der Waals surface area contributed by atoms with Crippen LogP contribution in [0, 0.1) is 0 Å². The molecule has 0 aromatic rings. The largest absolute Gasteiger partial charge is 0.480 e. The number of carbonyl (C=O) groups excluding carboxylic acids is 1. The van der Waals surface area contributed by atoms with Crippen LogP contribution in [0.25, 0.3) is 0 Å². The van der Waals surface area contributed by atoms with Gasteiger partial charge in [-0.05, 0) is 13.8 Å². The lowest BCUT2D eigenvalue weighted by atomic mass is 9.98. The van der Waals surface area contributed by atoms with E-state index in [1.165, 1.54) is 16.7 Å². The van der Waals surface area contributed by atoms with Gasteiger partial charge in [0, 0.05) is 4.75 Å². The zero-order valence-electron chi connectivity index (χ0n) is 8.03. The first-order chi connectivity index (χ1) is 6.69. The fourth-order valence-electron chi connectivity index (χ4n) is 1.98. The van der Waals surface area contributed by atoms with E-state index in [0.29, 0.717) is 0 Å². The fraction of sp³-hybridized carbons (Fsp3) is 0.750. The number of amides is 1. The van der Waals surface area contributed by atoms with Crippen molar-refractivity contribution >= 4 is 62.2 Å². The Labute approximate surface area is 113 Å². The highest BCUT2D eigenvalue weighted by Gasteiger charge is 2.69. The highest BCUT2D eigenvalue weighted by atomic mass is 127. The molecule has 3 atom stereocenters. The minimum atomic E-state index is -0.928. The van der Waals surface area contributed by atoms with Crippen molar-refractivity contribution in [3.8, 4) is 0 Å². The van der Waals surface area contributed by atoms with Crippen LogP contribution >= 0.6 is 50.3 Å². The van der Waals surface area contributed by atoms with Gasteiger partial charge in [0.05, 0.1) is 0 Å². The quantitative estimate of drug-likeness (QED) is 0.409. The summed E-state index contributed by atoms with van der Waals surface area (Å²) in [5, 5.41) is 9.05. The van der Waals surface area contributed by atoms with Gasteiger partial charge >= 0.3 is 5.97 Å². The second kappa shape index (κ2) is 3.25. The molecule has 0 bridgehead atoms. The predicted molar refractivity (Wildman–Crippen MR) is 69.4 cm³/mol. The van der Waals surface area contributed by atoms with E-state index in [1.54, 1.807) is 0 Å². The number of hydrogen-bond donors (Lipinski definition) is 1. The van der Waals surface area contributed by atoms with Gasteiger partial charge in [-0.1, -0.05) is 38.5 Å². The molecule has 2 heterocycles. The third kappa shape index (κ3) is 1.45. The van der Waals surface area contributed by atoms with Crippen molar-refractivity contribution in [3.05, 3.63) is 0 Å². The van der Waals surface area contributed by atoms with E-state index in [-0.39, 0.29) is 11.3 Å². The number of aliphatic carboxylic acids is 1. The number of alkyl halides is 2. The molecule has 2 fully saturated rings. The van der Waals surface area contributed by atoms with Crippen LogP contribution in [0.1, 0.15) is 13.8 Å². The van der Waals surface area contributed by atoms with Gasteiger partial charge in [0.15, 0.2) is 2.33 Å². The molecule has 2 saturated heterocycles. The maximum atomic E-state index is 11.8. The molecule has 0 radical (unpaired) electrons. The van der Waals surface area contributed by atoms with E-state index in [2.05, 4.69) is 15.9 Å². The summed E-state index contributed by atoms with van der Waals surface area (Å²) >= 11 is 6.91. The fourth-order valence-corrected chi connectivity index (χ4v) is 5.14. The van der Waals surface area contributed by atoms with E-state index in [1.807, 2.05) is 36.4 Å². The summed E-state index contributed by atoms with van der Waals surface area (Å²) < 4.78 is -1.07. The van der Waals surface area contributed by atoms with Crippen LogP contribution in [0.2, 0.25) is 0 Å². The Morgan fingerprint density at radius 2 is 2.20 bits per heavy atom. The number of fused-ring (bicyclic) bond motifs is 1. The molecule has 4 nitrogen and oxygen atoms in total. The molecule has 0 aromatic heterocycles. The highest BCUT2D eigenvalue weighted by Crippen LogP contribution is 2.60. The molecule has 7 heteroatoms. The summed E-state index contributed by atoms with van der Waals surface area (Å²) in [5.74, 6) is -1.07. The number of carbonyl (C=O) groups is 2. The summed E-state index contributed by atoms with van der Waals surface area (Å²) in [6.45, 7) is 3.73. The van der Waals surface area contributed by atoms with Gasteiger partial charge in [-0.2, -0.15) is 0 Å². The minimum absolute atomic E-state index is 0.0818. The van der Waals surface area contributed by atoms with Crippen molar-refractivity contribution in [3.63, 3.8) is 0 Å². The van der Waals surface area contributed by atoms with E-state index in [4.69, 9.17) is 5.11 Å². The average Bonchev–Trinajstić information content (AvgIpc) is 2.35. The molecule has 1 unspecified atom stereocenters. The maximum Gasteiger partial charge on any atom is 0.327 e. The van der Waals surface area contributed by atoms with Crippen LogP contribution < -0.4 is 0 Å². The molecule has 1 N–H and O–H groups in total. The van der Waals surface area contributed by atoms with Gasteiger partial charge in [-0.3, -0.25) is 4.79 Å². The zero-order chi connectivity index (χ0) is 11.6. The average molecular weight is 406 g/mol. The molecule has 1 amide bonds. The number of hydrogen-bond acceptors (Lipinski definition) is 3. The number of carboxylic acid groups (broad SMARTS) is 1. The molecule has 0 aliphatic carbocycles. The molecule has 2 rings (SSSR count). The summed E-state index contributed by atoms with van der Waals surface area (Å²) in [6.07, 6.45) is 0. The first-order valence-corrected chi connectivity index (χ1v) is 7.06. The SMILES string of the molecule is CC1(C)S[C@H]2N(C(=O)C2(Br)I)[C@H]1C(=O)O. The summed E-state index contributed by atoms with van der Waals surface area (Å²) in [4.78, 5) is 24.4. The summed E-state index contributed by atoms with van der Waals surface area (Å²) in [7, 11) is 0. The first-order valence-electron chi connectivity index (χ1n) is 4.31. The highest BCUT2D eigenvalue weighted by molar-refractivity contribution is 14.1. The van der Waals surface area contributed by atoms with Crippen LogP contribution in [0.3, 0.4) is 0 Å². The van der Waals surface area contributed by atoms with Crippen molar-refractivity contribution in [2.45, 2.75) is 32.3 Å². The van der Waals surface area contributed by atoms with E-state index in [9.17, 15) is 9.59 Å². The van der Waals surface area contributed by atoms with Crippen molar-refractivity contribution in [1.29, 1.82) is 0 Å². The third-order valence-electron chi connectivity index (χ3n) is 2.67. The van der Waals surface area contributed by atoms with Crippen LogP contribution in [0.4, 0.5) is 0 Å². The third-order valence-corrected chi connectivity index (χ3v) is 6.85. The first kappa shape index (κ1) is 12.0. The molecule has 2 aliphatic heterocycles. The Hall–Kier alpha value is 0.500. The molecule has 0 aromatic carbocycles. The van der Waals surface area contributed by atoms with Crippen molar-refractivity contribution in [2.24, 2.45) is 0 Å². The topological polar surface area (TPSA) is 57.6 Å². The maximum absolute atomic E-state index is 11.8. The van der Waals surface area contributed by atoms with Crippen LogP contribution in [0.15, 0.2) is 0 Å². The van der Waals surface area contributed by atoms with Gasteiger partial charge in [0.2, 0.25) is 0 Å². The second-order valence-electron chi connectivity index (χ2n) is 4.15. The minimum Gasteiger partial charge on any atom is -0.480 e. The van der Waals surface area contributed by atoms with Gasteiger partial charge in [-0.25, -0.2) is 4.79 Å². The van der Waals surface area contributed by atoms with Gasteiger partial charge in [0.1, 0.15) is 11.4 Å². The van der Waals surface area contributed by atoms with Gasteiger partial charge in [-0.15, -0.1) is 11.8 Å². The second-order valence-corrected chi connectivity index (χ2v) is 10.3. The van der Waals surface area contributed by atoms with Gasteiger partial charge in [0.25, 0.3) is 5.91 Å². The summed E-state index contributed by atoms with van der Waals surface area (Å²) in [6, 6.07) is -0.722.